The lowest BCUT2D eigenvalue weighted by Crippen LogP contribution is -2.53. The molecule has 2 rings (SSSR count). The summed E-state index contributed by atoms with van der Waals surface area (Å²) < 4.78 is 42.6. The van der Waals surface area contributed by atoms with Gasteiger partial charge in [0.05, 0.1) is 0 Å². The first-order chi connectivity index (χ1) is 11.0. The summed E-state index contributed by atoms with van der Waals surface area (Å²) in [6, 6.07) is 0. The lowest BCUT2D eigenvalue weighted by Gasteiger charge is -2.54. The molecule has 0 bridgehead atoms. The van der Waals surface area contributed by atoms with Crippen LogP contribution in [0.15, 0.2) is 0 Å². The molecule has 24 heavy (non-hydrogen) atoms. The third-order valence-corrected chi connectivity index (χ3v) is 6.18. The Morgan fingerprint density at radius 2 is 1.96 bits per heavy atom. The first-order valence-corrected chi connectivity index (χ1v) is 9.05. The van der Waals surface area contributed by atoms with E-state index in [0.29, 0.717) is 11.8 Å². The summed E-state index contributed by atoms with van der Waals surface area (Å²) in [4.78, 5) is 12.0. The highest BCUT2D eigenvalue weighted by molar-refractivity contribution is 5.67. The monoisotopic (exact) mass is 349 g/mol. The Morgan fingerprint density at radius 3 is 2.54 bits per heavy atom. The number of carbonyl (C=O) groups is 1. The van der Waals surface area contributed by atoms with E-state index in [1.807, 2.05) is 5.32 Å². The zero-order chi connectivity index (χ0) is 18.1. The van der Waals surface area contributed by atoms with E-state index >= 15 is 0 Å². The molecular weight excluding hydrogens is 319 g/mol. The third-order valence-electron chi connectivity index (χ3n) is 6.18. The average molecular weight is 349 g/mol. The number of carbonyl (C=O) groups excluding carboxylic acids is 1. The summed E-state index contributed by atoms with van der Waals surface area (Å²) in [5.41, 5.74) is 0.123. The first-order valence-electron chi connectivity index (χ1n) is 9.05. The minimum atomic E-state index is -4.42. The molecule has 2 aliphatic carbocycles. The van der Waals surface area contributed by atoms with Crippen molar-refractivity contribution in [3.05, 3.63) is 0 Å². The van der Waals surface area contributed by atoms with Crippen molar-refractivity contribution >= 4 is 6.09 Å². The normalized spacial score (nSPS) is 37.0. The van der Waals surface area contributed by atoms with Gasteiger partial charge in [-0.25, -0.2) is 4.79 Å². The number of ether oxygens (including phenoxy) is 1. The van der Waals surface area contributed by atoms with E-state index < -0.39 is 18.8 Å². The molecule has 1 N–H and O–H groups in total. The molecule has 140 valence electrons. The van der Waals surface area contributed by atoms with Gasteiger partial charge in [0.1, 0.15) is 12.6 Å². The second kappa shape index (κ2) is 7.12. The molecule has 2 aliphatic rings. The van der Waals surface area contributed by atoms with E-state index in [4.69, 9.17) is 4.74 Å². The second-order valence-corrected chi connectivity index (χ2v) is 8.33. The SMILES string of the molecule is CC(C)C1CCC2(C)CCCC(C)C2C1OC(=O)NCC(F)(F)F. The highest BCUT2D eigenvalue weighted by Crippen LogP contribution is 2.55. The summed E-state index contributed by atoms with van der Waals surface area (Å²) in [5, 5.41) is 1.87. The smallest absolute Gasteiger partial charge is 0.407 e. The van der Waals surface area contributed by atoms with Gasteiger partial charge in [-0.3, -0.25) is 0 Å². The van der Waals surface area contributed by atoms with Gasteiger partial charge in [0, 0.05) is 5.92 Å². The number of alkyl carbamates (subject to hydrolysis) is 1. The van der Waals surface area contributed by atoms with Crippen molar-refractivity contribution in [2.75, 3.05) is 6.54 Å². The Bertz CT molecular complexity index is 452. The van der Waals surface area contributed by atoms with Gasteiger partial charge >= 0.3 is 12.3 Å². The van der Waals surface area contributed by atoms with Crippen LogP contribution in [0.3, 0.4) is 0 Å². The van der Waals surface area contributed by atoms with Crippen molar-refractivity contribution in [2.45, 2.75) is 72.1 Å². The second-order valence-electron chi connectivity index (χ2n) is 8.33. The van der Waals surface area contributed by atoms with E-state index in [1.165, 1.54) is 6.42 Å². The molecule has 3 nitrogen and oxygen atoms in total. The number of amides is 1. The lowest BCUT2D eigenvalue weighted by molar-refractivity contribution is -0.131. The number of hydrogen-bond acceptors (Lipinski definition) is 2. The van der Waals surface area contributed by atoms with Crippen molar-refractivity contribution < 1.29 is 22.7 Å². The Labute approximate surface area is 142 Å². The molecule has 0 spiro atoms. The number of hydrogen-bond donors (Lipinski definition) is 1. The minimum absolute atomic E-state index is 0.123. The van der Waals surface area contributed by atoms with E-state index in [1.54, 1.807) is 0 Å². The Hall–Kier alpha value is -0.940. The molecule has 0 aromatic heterocycles. The predicted molar refractivity (Wildman–Crippen MR) is 86.5 cm³/mol. The molecule has 5 unspecified atom stereocenters. The quantitative estimate of drug-likeness (QED) is 0.765. The fourth-order valence-corrected chi connectivity index (χ4v) is 5.01. The Morgan fingerprint density at radius 1 is 1.29 bits per heavy atom. The molecule has 2 fully saturated rings. The molecule has 2 saturated carbocycles. The summed E-state index contributed by atoms with van der Waals surface area (Å²) in [7, 11) is 0. The van der Waals surface area contributed by atoms with E-state index in [-0.39, 0.29) is 23.4 Å². The van der Waals surface area contributed by atoms with Gasteiger partial charge in [-0.15, -0.1) is 0 Å². The highest BCUT2D eigenvalue weighted by Gasteiger charge is 2.52. The van der Waals surface area contributed by atoms with Crippen LogP contribution in [0.5, 0.6) is 0 Å². The Kier molecular flexibility index (Phi) is 5.75. The van der Waals surface area contributed by atoms with Gasteiger partial charge in [0.2, 0.25) is 0 Å². The summed E-state index contributed by atoms with van der Waals surface area (Å²) in [5.74, 6) is 1.19. The summed E-state index contributed by atoms with van der Waals surface area (Å²) in [6.45, 7) is 7.31. The van der Waals surface area contributed by atoms with E-state index in [0.717, 1.165) is 25.7 Å². The maximum Gasteiger partial charge on any atom is 0.407 e. The van der Waals surface area contributed by atoms with Crippen LogP contribution >= 0.6 is 0 Å². The van der Waals surface area contributed by atoms with Gasteiger partial charge in [0.15, 0.2) is 0 Å². The maximum absolute atomic E-state index is 12.3. The summed E-state index contributed by atoms with van der Waals surface area (Å²) >= 11 is 0. The van der Waals surface area contributed by atoms with Crippen molar-refractivity contribution in [3.63, 3.8) is 0 Å². The van der Waals surface area contributed by atoms with Gasteiger partial charge in [0.25, 0.3) is 0 Å². The topological polar surface area (TPSA) is 38.3 Å². The predicted octanol–water partition coefficient (Wildman–Crippen LogP) is 5.15. The van der Waals surface area contributed by atoms with Crippen molar-refractivity contribution in [2.24, 2.45) is 29.1 Å². The van der Waals surface area contributed by atoms with Crippen LogP contribution in [0.25, 0.3) is 0 Å². The van der Waals surface area contributed by atoms with Crippen LogP contribution in [0, 0.1) is 29.1 Å². The molecule has 0 heterocycles. The largest absolute Gasteiger partial charge is 0.446 e. The standard InChI is InChI=1S/C18H30F3NO2/c1-11(2)13-7-9-17(4)8-5-6-12(3)14(17)15(13)24-16(23)22-10-18(19,20)21/h11-15H,5-10H2,1-4H3,(H,22,23). The molecule has 0 aromatic rings. The fourth-order valence-electron chi connectivity index (χ4n) is 5.01. The van der Waals surface area contributed by atoms with Gasteiger partial charge in [-0.1, -0.05) is 40.5 Å². The number of nitrogens with one attached hydrogen (secondary N) is 1. The van der Waals surface area contributed by atoms with E-state index in [9.17, 15) is 18.0 Å². The van der Waals surface area contributed by atoms with Gasteiger partial charge in [-0.05, 0) is 42.4 Å². The fraction of sp³-hybridized carbons (Fsp3) is 0.944. The molecule has 5 atom stereocenters. The first kappa shape index (κ1) is 19.4. The van der Waals surface area contributed by atoms with Crippen molar-refractivity contribution in [3.8, 4) is 0 Å². The molecule has 0 aromatic carbocycles. The highest BCUT2D eigenvalue weighted by atomic mass is 19.4. The average Bonchev–Trinajstić information content (AvgIpc) is 2.43. The van der Waals surface area contributed by atoms with E-state index in [2.05, 4.69) is 27.7 Å². The third kappa shape index (κ3) is 4.37. The van der Waals surface area contributed by atoms with Gasteiger partial charge < -0.3 is 10.1 Å². The van der Waals surface area contributed by atoms with Crippen LogP contribution in [0.2, 0.25) is 0 Å². The zero-order valence-corrected chi connectivity index (χ0v) is 15.1. The molecule has 0 radical (unpaired) electrons. The lowest BCUT2D eigenvalue weighted by atomic mass is 9.53. The van der Waals surface area contributed by atoms with Crippen LogP contribution in [-0.4, -0.2) is 24.9 Å². The molecule has 1 amide bonds. The van der Waals surface area contributed by atoms with Crippen LogP contribution in [-0.2, 0) is 4.74 Å². The number of halogens is 3. The number of alkyl halides is 3. The zero-order valence-electron chi connectivity index (χ0n) is 15.1. The number of fused-ring (bicyclic) bond motifs is 1. The summed E-state index contributed by atoms with van der Waals surface area (Å²) in [6.07, 6.45) is -0.212. The van der Waals surface area contributed by atoms with Crippen molar-refractivity contribution in [1.82, 2.24) is 5.32 Å². The Balaban J connectivity index is 2.15. The van der Waals surface area contributed by atoms with Gasteiger partial charge in [-0.2, -0.15) is 13.2 Å². The minimum Gasteiger partial charge on any atom is -0.446 e. The molecule has 0 saturated heterocycles. The molecule has 6 heteroatoms. The van der Waals surface area contributed by atoms with Crippen LogP contribution in [0.4, 0.5) is 18.0 Å². The molecule has 0 aliphatic heterocycles. The van der Waals surface area contributed by atoms with Crippen LogP contribution < -0.4 is 5.32 Å². The van der Waals surface area contributed by atoms with Crippen molar-refractivity contribution in [1.29, 1.82) is 0 Å². The van der Waals surface area contributed by atoms with Crippen LogP contribution in [0.1, 0.15) is 59.8 Å². The maximum atomic E-state index is 12.3. The number of rotatable bonds is 3. The molecular formula is C18H30F3NO2.